The Balaban J connectivity index is 1.77. The van der Waals surface area contributed by atoms with E-state index in [0.717, 1.165) is 27.8 Å². The number of carbonyl (C=O) groups is 1. The van der Waals surface area contributed by atoms with Crippen LogP contribution in [0.5, 0.6) is 5.75 Å². The van der Waals surface area contributed by atoms with Gasteiger partial charge in [0.15, 0.2) is 0 Å². The average molecular weight is 377 g/mol. The number of nitrogens with one attached hydrogen (secondary N) is 2. The molecule has 2 rings (SSSR count). The quantitative estimate of drug-likeness (QED) is 0.798. The summed E-state index contributed by atoms with van der Waals surface area (Å²) in [7, 11) is 1.65. The molecule has 0 aliphatic carbocycles. The topological polar surface area (TPSA) is 50.4 Å². The van der Waals surface area contributed by atoms with Gasteiger partial charge in [-0.05, 0) is 42.7 Å². The summed E-state index contributed by atoms with van der Waals surface area (Å²) in [5, 5.41) is 5.82. The van der Waals surface area contributed by atoms with Crippen LogP contribution in [-0.2, 0) is 6.42 Å². The number of halogens is 1. The number of urea groups is 1. The van der Waals surface area contributed by atoms with Crippen LogP contribution in [-0.4, -0.2) is 19.7 Å². The molecule has 2 aromatic carbocycles. The third kappa shape index (κ3) is 5.28. The molecule has 2 aromatic rings. The van der Waals surface area contributed by atoms with Crippen molar-refractivity contribution in [1.82, 2.24) is 10.6 Å². The van der Waals surface area contributed by atoms with Crippen molar-refractivity contribution >= 4 is 22.0 Å². The van der Waals surface area contributed by atoms with E-state index in [-0.39, 0.29) is 12.1 Å². The normalized spacial score (nSPS) is 11.6. The van der Waals surface area contributed by atoms with E-state index in [2.05, 4.69) is 26.6 Å². The number of rotatable bonds is 6. The molecule has 0 aromatic heterocycles. The van der Waals surface area contributed by atoms with Crippen molar-refractivity contribution in [2.45, 2.75) is 19.4 Å². The van der Waals surface area contributed by atoms with Crippen LogP contribution in [0.1, 0.15) is 24.1 Å². The first-order valence-corrected chi connectivity index (χ1v) is 8.31. The van der Waals surface area contributed by atoms with Crippen LogP contribution in [0.4, 0.5) is 4.79 Å². The molecule has 0 aliphatic heterocycles. The van der Waals surface area contributed by atoms with Crippen LogP contribution in [0.2, 0.25) is 0 Å². The number of methoxy groups -OCH3 is 1. The number of hydrogen-bond donors (Lipinski definition) is 2. The Hall–Kier alpha value is -2.01. The SMILES string of the molecule is COc1ccc(CCNC(=O)NC(C)c2ccccc2Br)cc1. The fraction of sp³-hybridized carbons (Fsp3) is 0.278. The van der Waals surface area contributed by atoms with Crippen molar-refractivity contribution in [1.29, 1.82) is 0 Å². The molecule has 122 valence electrons. The lowest BCUT2D eigenvalue weighted by molar-refractivity contribution is 0.238. The van der Waals surface area contributed by atoms with Crippen LogP contribution < -0.4 is 15.4 Å². The molecule has 2 amide bonds. The highest BCUT2D eigenvalue weighted by atomic mass is 79.9. The molecule has 0 radical (unpaired) electrons. The fourth-order valence-electron chi connectivity index (χ4n) is 2.26. The van der Waals surface area contributed by atoms with Gasteiger partial charge in [0.1, 0.15) is 5.75 Å². The molecule has 23 heavy (non-hydrogen) atoms. The minimum absolute atomic E-state index is 0.0634. The van der Waals surface area contributed by atoms with Crippen LogP contribution in [0.15, 0.2) is 53.0 Å². The van der Waals surface area contributed by atoms with E-state index in [1.165, 1.54) is 0 Å². The van der Waals surface area contributed by atoms with Gasteiger partial charge in [0, 0.05) is 11.0 Å². The summed E-state index contributed by atoms with van der Waals surface area (Å²) in [6, 6.07) is 15.5. The maximum Gasteiger partial charge on any atom is 0.315 e. The molecule has 1 unspecified atom stereocenters. The Bertz CT molecular complexity index is 644. The van der Waals surface area contributed by atoms with Gasteiger partial charge >= 0.3 is 6.03 Å². The van der Waals surface area contributed by atoms with Crippen LogP contribution in [0.25, 0.3) is 0 Å². The van der Waals surface area contributed by atoms with Gasteiger partial charge in [-0.25, -0.2) is 4.79 Å². The van der Waals surface area contributed by atoms with Crippen molar-refractivity contribution in [2.24, 2.45) is 0 Å². The van der Waals surface area contributed by atoms with Gasteiger partial charge in [-0.1, -0.05) is 46.3 Å². The number of ether oxygens (including phenoxy) is 1. The van der Waals surface area contributed by atoms with Gasteiger partial charge in [-0.3, -0.25) is 0 Å². The fourth-order valence-corrected chi connectivity index (χ4v) is 2.89. The second kappa shape index (κ2) is 8.58. The van der Waals surface area contributed by atoms with Gasteiger partial charge in [0.05, 0.1) is 13.2 Å². The van der Waals surface area contributed by atoms with E-state index in [4.69, 9.17) is 4.74 Å². The maximum atomic E-state index is 12.0. The average Bonchev–Trinajstić information content (AvgIpc) is 2.55. The molecule has 4 nitrogen and oxygen atoms in total. The van der Waals surface area contributed by atoms with E-state index in [0.29, 0.717) is 6.54 Å². The predicted molar refractivity (Wildman–Crippen MR) is 95.8 cm³/mol. The molecule has 0 saturated carbocycles. The monoisotopic (exact) mass is 376 g/mol. The first-order valence-electron chi connectivity index (χ1n) is 7.52. The lowest BCUT2D eigenvalue weighted by Gasteiger charge is -2.16. The Morgan fingerprint density at radius 2 is 1.87 bits per heavy atom. The summed E-state index contributed by atoms with van der Waals surface area (Å²) in [6.45, 7) is 2.55. The largest absolute Gasteiger partial charge is 0.497 e. The Morgan fingerprint density at radius 1 is 1.17 bits per heavy atom. The lowest BCUT2D eigenvalue weighted by Crippen LogP contribution is -2.38. The zero-order chi connectivity index (χ0) is 16.7. The highest BCUT2D eigenvalue weighted by molar-refractivity contribution is 9.10. The molecule has 0 heterocycles. The molecule has 1 atom stereocenters. The molecule has 0 bridgehead atoms. The number of benzene rings is 2. The first kappa shape index (κ1) is 17.3. The molecule has 5 heteroatoms. The summed E-state index contributed by atoms with van der Waals surface area (Å²) < 4.78 is 6.12. The van der Waals surface area contributed by atoms with Gasteiger partial charge < -0.3 is 15.4 Å². The van der Waals surface area contributed by atoms with Gasteiger partial charge in [-0.2, -0.15) is 0 Å². The van der Waals surface area contributed by atoms with Gasteiger partial charge in [0.25, 0.3) is 0 Å². The number of amides is 2. The van der Waals surface area contributed by atoms with Crippen molar-refractivity contribution in [2.75, 3.05) is 13.7 Å². The van der Waals surface area contributed by atoms with E-state index in [1.807, 2.05) is 55.5 Å². The maximum absolute atomic E-state index is 12.0. The van der Waals surface area contributed by atoms with Crippen molar-refractivity contribution in [3.8, 4) is 5.75 Å². The minimum Gasteiger partial charge on any atom is -0.497 e. The van der Waals surface area contributed by atoms with Crippen LogP contribution in [0, 0.1) is 0 Å². The summed E-state index contributed by atoms with van der Waals surface area (Å²) >= 11 is 3.50. The van der Waals surface area contributed by atoms with E-state index < -0.39 is 0 Å². The standard InChI is InChI=1S/C18H21BrN2O2/c1-13(16-5-3-4-6-17(16)19)21-18(22)20-12-11-14-7-9-15(23-2)10-8-14/h3-10,13H,11-12H2,1-2H3,(H2,20,21,22). The van der Waals surface area contributed by atoms with Crippen molar-refractivity contribution < 1.29 is 9.53 Å². The molecule has 0 spiro atoms. The summed E-state index contributed by atoms with van der Waals surface area (Å²) in [4.78, 5) is 12.0. The summed E-state index contributed by atoms with van der Waals surface area (Å²) in [5.74, 6) is 0.835. The van der Waals surface area contributed by atoms with E-state index >= 15 is 0 Å². The Kier molecular flexibility index (Phi) is 6.47. The second-order valence-corrected chi connectivity index (χ2v) is 6.10. The Labute approximate surface area is 145 Å². The highest BCUT2D eigenvalue weighted by Crippen LogP contribution is 2.22. The van der Waals surface area contributed by atoms with Gasteiger partial charge in [0.2, 0.25) is 0 Å². The number of carbonyl (C=O) groups excluding carboxylic acids is 1. The van der Waals surface area contributed by atoms with Gasteiger partial charge in [-0.15, -0.1) is 0 Å². The predicted octanol–water partition coefficient (Wildman–Crippen LogP) is 4.06. The highest BCUT2D eigenvalue weighted by Gasteiger charge is 2.11. The second-order valence-electron chi connectivity index (χ2n) is 5.24. The smallest absolute Gasteiger partial charge is 0.315 e. The van der Waals surface area contributed by atoms with Crippen LogP contribution >= 0.6 is 15.9 Å². The third-order valence-electron chi connectivity index (χ3n) is 3.58. The molecular formula is C18H21BrN2O2. The van der Waals surface area contributed by atoms with Crippen LogP contribution in [0.3, 0.4) is 0 Å². The molecule has 0 saturated heterocycles. The zero-order valence-corrected chi connectivity index (χ0v) is 14.9. The van der Waals surface area contributed by atoms with Crippen molar-refractivity contribution in [3.63, 3.8) is 0 Å². The third-order valence-corrected chi connectivity index (χ3v) is 4.30. The molecule has 0 aliphatic rings. The Morgan fingerprint density at radius 3 is 2.52 bits per heavy atom. The van der Waals surface area contributed by atoms with Crippen molar-refractivity contribution in [3.05, 3.63) is 64.1 Å². The molecule has 0 fully saturated rings. The molecular weight excluding hydrogens is 356 g/mol. The zero-order valence-electron chi connectivity index (χ0n) is 13.3. The molecule has 2 N–H and O–H groups in total. The lowest BCUT2D eigenvalue weighted by atomic mass is 10.1. The summed E-state index contributed by atoms with van der Waals surface area (Å²) in [5.41, 5.74) is 2.21. The first-order chi connectivity index (χ1) is 11.1. The summed E-state index contributed by atoms with van der Waals surface area (Å²) in [6.07, 6.45) is 0.779. The van der Waals surface area contributed by atoms with E-state index in [9.17, 15) is 4.79 Å². The minimum atomic E-state index is -0.165. The van der Waals surface area contributed by atoms with E-state index in [1.54, 1.807) is 7.11 Å². The number of hydrogen-bond acceptors (Lipinski definition) is 2.